The summed E-state index contributed by atoms with van der Waals surface area (Å²) in [5, 5.41) is 0. The lowest BCUT2D eigenvalue weighted by Crippen LogP contribution is -2.37. The van der Waals surface area contributed by atoms with Crippen molar-refractivity contribution in [2.24, 2.45) is 5.41 Å². The van der Waals surface area contributed by atoms with E-state index in [-0.39, 0.29) is 35.8 Å². The predicted molar refractivity (Wildman–Crippen MR) is 183 cm³/mol. The number of carbonyl (C=O) groups excluding carboxylic acids is 2. The number of aryl methyl sites for hydroxylation is 1. The van der Waals surface area contributed by atoms with E-state index in [1.807, 2.05) is 52.0 Å². The summed E-state index contributed by atoms with van der Waals surface area (Å²) in [6.45, 7) is 16.5. The number of rotatable bonds is 12. The molecule has 4 rings (SSSR count). The van der Waals surface area contributed by atoms with Crippen molar-refractivity contribution in [3.05, 3.63) is 69.2 Å². The number of fused-ring (bicyclic) bond motifs is 1. The molecule has 0 bridgehead atoms. The van der Waals surface area contributed by atoms with E-state index in [9.17, 15) is 18.0 Å². The minimum atomic E-state index is -3.92. The Bertz CT molecular complexity index is 1700. The van der Waals surface area contributed by atoms with Gasteiger partial charge in [-0.2, -0.15) is 4.31 Å². The monoisotopic (exact) mass is 686 g/mol. The van der Waals surface area contributed by atoms with Crippen molar-refractivity contribution in [1.82, 2.24) is 9.29 Å². The van der Waals surface area contributed by atoms with Gasteiger partial charge in [0, 0.05) is 38.5 Å². The van der Waals surface area contributed by atoms with Crippen LogP contribution in [-0.4, -0.2) is 63.9 Å². The topological polar surface area (TPSA) is 112 Å². The van der Waals surface area contributed by atoms with Crippen LogP contribution in [0.25, 0.3) is 0 Å². The van der Waals surface area contributed by atoms with Gasteiger partial charge in [-0.15, -0.1) is 11.3 Å². The van der Waals surface area contributed by atoms with E-state index < -0.39 is 29.4 Å². The van der Waals surface area contributed by atoms with Crippen LogP contribution in [-0.2, 0) is 26.1 Å². The highest BCUT2D eigenvalue weighted by atomic mass is 32.2. The molecule has 0 saturated heterocycles. The van der Waals surface area contributed by atoms with E-state index in [1.165, 1.54) is 42.1 Å². The summed E-state index contributed by atoms with van der Waals surface area (Å²) in [6.07, 6.45) is 3.16. The summed E-state index contributed by atoms with van der Waals surface area (Å²) in [7, 11) is -3.83. The number of benzene rings is 1. The van der Waals surface area contributed by atoms with Crippen molar-refractivity contribution >= 4 is 41.2 Å². The van der Waals surface area contributed by atoms with Gasteiger partial charge < -0.3 is 14.2 Å². The number of ether oxygens (including phenoxy) is 3. The molecule has 46 heavy (non-hydrogen) atoms. The third-order valence-electron chi connectivity index (χ3n) is 8.45. The molecule has 0 spiro atoms. The zero-order valence-electron chi connectivity index (χ0n) is 28.3. The van der Waals surface area contributed by atoms with Gasteiger partial charge in [0.05, 0.1) is 31.9 Å². The molecule has 0 N–H and O–H groups in total. The fraction of sp³-hybridized carbons (Fsp3) is 0.500. The maximum atomic E-state index is 13.9. The molecule has 0 radical (unpaired) electrons. The van der Waals surface area contributed by atoms with Crippen molar-refractivity contribution in [3.63, 3.8) is 0 Å². The first kappa shape index (κ1) is 35.8. The van der Waals surface area contributed by atoms with Gasteiger partial charge in [-0.05, 0) is 62.1 Å². The van der Waals surface area contributed by atoms with Gasteiger partial charge in [-0.3, -0.25) is 14.6 Å². The Morgan fingerprint density at radius 1 is 1.20 bits per heavy atom. The average Bonchev–Trinajstić information content (AvgIpc) is 3.37. The SMILES string of the molecule is CC[C@@H]1CN(Cc2cc(C(c3cc(OC)c(C(C)=O)s3)C(C)(C)C(=O)OCC[Si](C)(C)C)ccc2C)S(=O)(=O)c2cnccc2O1. The van der Waals surface area contributed by atoms with Crippen LogP contribution in [0.2, 0.25) is 25.7 Å². The van der Waals surface area contributed by atoms with Gasteiger partial charge >= 0.3 is 5.97 Å². The smallest absolute Gasteiger partial charge is 0.312 e. The maximum absolute atomic E-state index is 13.9. The molecular weight excluding hydrogens is 641 g/mol. The van der Waals surface area contributed by atoms with Crippen molar-refractivity contribution < 1.29 is 32.2 Å². The quantitative estimate of drug-likeness (QED) is 0.113. The third kappa shape index (κ3) is 7.72. The number of hydrogen-bond acceptors (Lipinski definition) is 9. The number of pyridine rings is 1. The summed E-state index contributed by atoms with van der Waals surface area (Å²) in [5.41, 5.74) is 1.48. The molecule has 2 atom stereocenters. The Balaban J connectivity index is 1.79. The maximum Gasteiger partial charge on any atom is 0.312 e. The number of ketones is 1. The predicted octanol–water partition coefficient (Wildman–Crippen LogP) is 7.06. The summed E-state index contributed by atoms with van der Waals surface area (Å²) in [4.78, 5) is 31.7. The molecule has 9 nitrogen and oxygen atoms in total. The number of nitrogens with zero attached hydrogens (tertiary/aromatic N) is 2. The molecule has 1 aromatic carbocycles. The molecule has 1 aliphatic heterocycles. The highest BCUT2D eigenvalue weighted by Gasteiger charge is 2.42. The zero-order valence-corrected chi connectivity index (χ0v) is 30.9. The van der Waals surface area contributed by atoms with E-state index >= 15 is 0 Å². The molecule has 3 aromatic rings. The molecule has 0 aliphatic carbocycles. The Kier molecular flexibility index (Phi) is 10.9. The van der Waals surface area contributed by atoms with E-state index in [4.69, 9.17) is 14.2 Å². The van der Waals surface area contributed by atoms with Gasteiger partial charge in [-0.25, -0.2) is 8.42 Å². The van der Waals surface area contributed by atoms with Crippen molar-refractivity contribution in [3.8, 4) is 11.5 Å². The van der Waals surface area contributed by atoms with Crippen molar-refractivity contribution in [2.45, 2.75) is 90.2 Å². The summed E-state index contributed by atoms with van der Waals surface area (Å²) < 4.78 is 46.8. The van der Waals surface area contributed by atoms with E-state index in [1.54, 1.807) is 6.07 Å². The number of esters is 1. The highest BCUT2D eigenvalue weighted by molar-refractivity contribution is 7.89. The zero-order chi connectivity index (χ0) is 34.0. The van der Waals surface area contributed by atoms with Gasteiger partial charge in [-0.1, -0.05) is 44.8 Å². The molecule has 3 heterocycles. The first-order valence-corrected chi connectivity index (χ1v) is 21.5. The highest BCUT2D eigenvalue weighted by Crippen LogP contribution is 2.47. The Morgan fingerprint density at radius 2 is 1.91 bits per heavy atom. The second kappa shape index (κ2) is 14.0. The van der Waals surface area contributed by atoms with Crippen LogP contribution in [0, 0.1) is 12.3 Å². The molecule has 12 heteroatoms. The number of sulfonamides is 1. The molecular formula is C34H46N2O7S2Si. The Morgan fingerprint density at radius 3 is 2.52 bits per heavy atom. The minimum absolute atomic E-state index is 0.0438. The molecule has 1 aliphatic rings. The van der Waals surface area contributed by atoms with Crippen LogP contribution in [0.3, 0.4) is 0 Å². The Hall–Kier alpha value is -3.06. The molecule has 2 aromatic heterocycles. The summed E-state index contributed by atoms with van der Waals surface area (Å²) in [6, 6.07) is 10.2. The fourth-order valence-electron chi connectivity index (χ4n) is 5.55. The first-order chi connectivity index (χ1) is 21.5. The number of thiophene rings is 1. The van der Waals surface area contributed by atoms with E-state index in [0.29, 0.717) is 29.4 Å². The fourth-order valence-corrected chi connectivity index (χ4v) is 9.12. The molecule has 0 fully saturated rings. The van der Waals surface area contributed by atoms with Crippen LogP contribution in [0.5, 0.6) is 11.5 Å². The van der Waals surface area contributed by atoms with E-state index in [2.05, 4.69) is 24.6 Å². The molecule has 1 unspecified atom stereocenters. The van der Waals surface area contributed by atoms with Gasteiger partial charge in [0.1, 0.15) is 27.4 Å². The second-order valence-corrected chi connectivity index (χ2v) is 22.3. The lowest BCUT2D eigenvalue weighted by Gasteiger charge is -2.33. The van der Waals surface area contributed by atoms with E-state index in [0.717, 1.165) is 27.6 Å². The minimum Gasteiger partial charge on any atom is -0.495 e. The van der Waals surface area contributed by atoms with Gasteiger partial charge in [0.15, 0.2) is 5.78 Å². The van der Waals surface area contributed by atoms with Crippen LogP contribution < -0.4 is 9.47 Å². The van der Waals surface area contributed by atoms with Crippen LogP contribution in [0.4, 0.5) is 0 Å². The van der Waals surface area contributed by atoms with Crippen molar-refractivity contribution in [2.75, 3.05) is 20.3 Å². The second-order valence-electron chi connectivity index (χ2n) is 13.7. The number of aromatic nitrogens is 1. The number of Topliss-reactive ketones (excluding diaryl/α,β-unsaturated/α-hetero) is 1. The lowest BCUT2D eigenvalue weighted by molar-refractivity contribution is -0.154. The average molecular weight is 687 g/mol. The lowest BCUT2D eigenvalue weighted by atomic mass is 9.73. The molecule has 250 valence electrons. The third-order valence-corrected chi connectivity index (χ3v) is 13.3. The number of methoxy groups -OCH3 is 1. The summed E-state index contributed by atoms with van der Waals surface area (Å²) >= 11 is 1.31. The largest absolute Gasteiger partial charge is 0.495 e. The van der Waals surface area contributed by atoms with Crippen LogP contribution in [0.1, 0.15) is 71.3 Å². The standard InChI is InChI=1S/C34H46N2O7S2Si/c1-10-26-21-36(45(39,40)30-19-35-14-13-27(30)43-26)20-25-17-24(12-11-22(25)2)31(29-18-28(41-6)32(44-29)23(3)37)34(4,5)33(38)42-15-16-46(7,8)9/h11-14,17-19,26,31H,10,15-16,20-21H2,1-9H3/t26-,31?/m1/s1. The van der Waals surface area contributed by atoms with Gasteiger partial charge in [0.2, 0.25) is 10.0 Å². The number of hydrogen-bond donors (Lipinski definition) is 0. The normalized spacial score (nSPS) is 17.4. The van der Waals surface area contributed by atoms with Crippen molar-refractivity contribution in [1.29, 1.82) is 0 Å². The number of carbonyl (C=O) groups is 2. The van der Waals surface area contributed by atoms with Crippen LogP contribution >= 0.6 is 11.3 Å². The molecule has 0 amide bonds. The van der Waals surface area contributed by atoms with Crippen LogP contribution in [0.15, 0.2) is 47.6 Å². The molecule has 0 saturated carbocycles. The Labute approximate surface area is 278 Å². The summed E-state index contributed by atoms with van der Waals surface area (Å²) in [5.74, 6) is -0.202. The first-order valence-electron chi connectivity index (χ1n) is 15.6. The van der Waals surface area contributed by atoms with Gasteiger partial charge in [0.25, 0.3) is 0 Å².